The molecular weight excluding hydrogens is 232 g/mol. The van der Waals surface area contributed by atoms with Gasteiger partial charge in [0.2, 0.25) is 0 Å². The molecule has 1 unspecified atom stereocenters. The second kappa shape index (κ2) is 4.70. The third-order valence-corrected chi connectivity index (χ3v) is 2.86. The van der Waals surface area contributed by atoms with E-state index < -0.39 is 5.97 Å². The van der Waals surface area contributed by atoms with Crippen molar-refractivity contribution in [3.05, 3.63) is 30.0 Å². The number of rotatable bonds is 4. The molecule has 96 valence electrons. The number of carboxylic acid groups (broad SMARTS) is 1. The van der Waals surface area contributed by atoms with Gasteiger partial charge in [0.25, 0.3) is 0 Å². The minimum absolute atomic E-state index is 0.0414. The van der Waals surface area contributed by atoms with Crippen molar-refractivity contribution in [2.45, 2.75) is 13.2 Å². The summed E-state index contributed by atoms with van der Waals surface area (Å²) in [4.78, 5) is 15.6. The van der Waals surface area contributed by atoms with Gasteiger partial charge in [-0.05, 0) is 45.3 Å². The Morgan fingerprint density at radius 2 is 2.11 bits per heavy atom. The average Bonchev–Trinajstić information content (AvgIpc) is 2.71. The van der Waals surface area contributed by atoms with E-state index >= 15 is 0 Å². The van der Waals surface area contributed by atoms with Gasteiger partial charge in [-0.2, -0.15) is 0 Å². The number of ether oxygens (including phenoxy) is 1. The highest BCUT2D eigenvalue weighted by Gasteiger charge is 2.10. The van der Waals surface area contributed by atoms with Gasteiger partial charge in [-0.1, -0.05) is 0 Å². The molecular formula is C13H16N2O3. The lowest BCUT2D eigenvalue weighted by atomic mass is 10.2. The van der Waals surface area contributed by atoms with E-state index in [9.17, 15) is 4.79 Å². The summed E-state index contributed by atoms with van der Waals surface area (Å²) in [6.45, 7) is 1.95. The van der Waals surface area contributed by atoms with Crippen LogP contribution in [0.15, 0.2) is 24.3 Å². The fourth-order valence-corrected chi connectivity index (χ4v) is 1.60. The van der Waals surface area contributed by atoms with E-state index in [1.807, 2.05) is 44.1 Å². The Hall–Kier alpha value is -2.01. The van der Waals surface area contributed by atoms with Gasteiger partial charge in [0.1, 0.15) is 17.7 Å². The van der Waals surface area contributed by atoms with Crippen LogP contribution in [0.4, 0.5) is 0 Å². The quantitative estimate of drug-likeness (QED) is 0.814. The summed E-state index contributed by atoms with van der Waals surface area (Å²) < 4.78 is 5.72. The summed E-state index contributed by atoms with van der Waals surface area (Å²) in [5.74, 6) is -0.241. The second-order valence-electron chi connectivity index (χ2n) is 4.42. The number of benzene rings is 1. The van der Waals surface area contributed by atoms with Gasteiger partial charge in [0.15, 0.2) is 0 Å². The number of carbonyl (C=O) groups is 1. The van der Waals surface area contributed by atoms with Crippen molar-refractivity contribution in [1.29, 1.82) is 0 Å². The second-order valence-corrected chi connectivity index (χ2v) is 4.42. The van der Waals surface area contributed by atoms with E-state index in [-0.39, 0.29) is 11.9 Å². The minimum Gasteiger partial charge on any atom is -0.477 e. The molecule has 0 radical (unpaired) electrons. The summed E-state index contributed by atoms with van der Waals surface area (Å²) in [5, 5.41) is 9.73. The molecule has 0 bridgehead atoms. The largest absolute Gasteiger partial charge is 0.477 e. The fraction of sp³-hybridized carbons (Fsp3) is 0.308. The predicted molar refractivity (Wildman–Crippen MR) is 69.0 cm³/mol. The van der Waals surface area contributed by atoms with Gasteiger partial charge in [-0.25, -0.2) is 4.79 Å². The molecule has 0 spiro atoms. The van der Waals surface area contributed by atoms with Crippen LogP contribution in [0, 0.1) is 0 Å². The molecule has 2 N–H and O–H groups in total. The molecule has 1 atom stereocenters. The van der Waals surface area contributed by atoms with Gasteiger partial charge >= 0.3 is 5.97 Å². The molecule has 1 aromatic heterocycles. The van der Waals surface area contributed by atoms with Crippen LogP contribution >= 0.6 is 0 Å². The average molecular weight is 248 g/mol. The summed E-state index contributed by atoms with van der Waals surface area (Å²) in [6, 6.07) is 7.08. The lowest BCUT2D eigenvalue weighted by Gasteiger charge is -2.21. The smallest absolute Gasteiger partial charge is 0.352 e. The van der Waals surface area contributed by atoms with Crippen molar-refractivity contribution in [3.63, 3.8) is 0 Å². The number of aromatic nitrogens is 1. The van der Waals surface area contributed by atoms with Gasteiger partial charge < -0.3 is 14.8 Å². The topological polar surface area (TPSA) is 65.6 Å². The van der Waals surface area contributed by atoms with E-state index in [2.05, 4.69) is 4.98 Å². The molecule has 1 heterocycles. The molecule has 0 saturated carbocycles. The van der Waals surface area contributed by atoms with E-state index in [1.54, 1.807) is 6.07 Å². The van der Waals surface area contributed by atoms with Gasteiger partial charge in [-0.3, -0.25) is 4.90 Å². The SMILES string of the molecule is CC(Oc1ccc2[nH]c(C(=O)O)cc2c1)N(C)C. The zero-order valence-corrected chi connectivity index (χ0v) is 10.6. The van der Waals surface area contributed by atoms with E-state index in [0.29, 0.717) is 0 Å². The maximum atomic E-state index is 10.9. The molecule has 0 saturated heterocycles. The van der Waals surface area contributed by atoms with Crippen LogP contribution in [0.2, 0.25) is 0 Å². The molecule has 18 heavy (non-hydrogen) atoms. The zero-order valence-electron chi connectivity index (χ0n) is 10.6. The first-order valence-electron chi connectivity index (χ1n) is 5.66. The van der Waals surface area contributed by atoms with Crippen molar-refractivity contribution >= 4 is 16.9 Å². The first-order chi connectivity index (χ1) is 8.47. The maximum Gasteiger partial charge on any atom is 0.352 e. The molecule has 0 aliphatic carbocycles. The van der Waals surface area contributed by atoms with Crippen molar-refractivity contribution in [2.75, 3.05) is 14.1 Å². The Kier molecular flexibility index (Phi) is 3.25. The molecule has 5 heteroatoms. The molecule has 1 aromatic carbocycles. The monoisotopic (exact) mass is 248 g/mol. The Morgan fingerprint density at radius 1 is 1.39 bits per heavy atom. The highest BCUT2D eigenvalue weighted by molar-refractivity contribution is 5.94. The number of hydrogen-bond acceptors (Lipinski definition) is 3. The number of aromatic amines is 1. The number of hydrogen-bond donors (Lipinski definition) is 2. The number of nitrogens with zero attached hydrogens (tertiary/aromatic N) is 1. The number of carboxylic acids is 1. The minimum atomic E-state index is -0.963. The van der Waals surface area contributed by atoms with Crippen molar-refractivity contribution in [3.8, 4) is 5.75 Å². The lowest BCUT2D eigenvalue weighted by Crippen LogP contribution is -2.30. The van der Waals surface area contributed by atoms with Crippen LogP contribution in [0.5, 0.6) is 5.75 Å². The summed E-state index contributed by atoms with van der Waals surface area (Å²) >= 11 is 0. The molecule has 0 aliphatic rings. The lowest BCUT2D eigenvalue weighted by molar-refractivity contribution is 0.0691. The zero-order chi connectivity index (χ0) is 13.3. The van der Waals surface area contributed by atoms with Crippen LogP contribution < -0.4 is 4.74 Å². The molecule has 2 rings (SSSR count). The molecule has 2 aromatic rings. The van der Waals surface area contributed by atoms with Gasteiger partial charge in [0, 0.05) is 10.9 Å². The highest BCUT2D eigenvalue weighted by Crippen LogP contribution is 2.22. The number of H-pyrrole nitrogens is 1. The van der Waals surface area contributed by atoms with Crippen LogP contribution in [-0.4, -0.2) is 41.3 Å². The third-order valence-electron chi connectivity index (χ3n) is 2.86. The van der Waals surface area contributed by atoms with Crippen molar-refractivity contribution < 1.29 is 14.6 Å². The Labute approximate surface area is 105 Å². The van der Waals surface area contributed by atoms with E-state index in [1.165, 1.54) is 0 Å². The molecule has 0 amide bonds. The molecule has 5 nitrogen and oxygen atoms in total. The normalized spacial score (nSPS) is 12.9. The Balaban J connectivity index is 2.29. The van der Waals surface area contributed by atoms with Gasteiger partial charge in [0.05, 0.1) is 0 Å². The Morgan fingerprint density at radius 3 is 2.72 bits per heavy atom. The summed E-state index contributed by atoms with van der Waals surface area (Å²) in [6.07, 6.45) is -0.0414. The van der Waals surface area contributed by atoms with E-state index in [4.69, 9.17) is 9.84 Å². The number of nitrogens with one attached hydrogen (secondary N) is 1. The van der Waals surface area contributed by atoms with Crippen molar-refractivity contribution in [1.82, 2.24) is 9.88 Å². The summed E-state index contributed by atoms with van der Waals surface area (Å²) in [7, 11) is 3.87. The fourth-order valence-electron chi connectivity index (χ4n) is 1.60. The third kappa shape index (κ3) is 2.46. The predicted octanol–water partition coefficient (Wildman–Crippen LogP) is 2.15. The van der Waals surface area contributed by atoms with Crippen LogP contribution in [0.3, 0.4) is 0 Å². The van der Waals surface area contributed by atoms with Crippen LogP contribution in [-0.2, 0) is 0 Å². The van der Waals surface area contributed by atoms with E-state index in [0.717, 1.165) is 16.7 Å². The first kappa shape index (κ1) is 12.4. The van der Waals surface area contributed by atoms with Crippen molar-refractivity contribution in [2.24, 2.45) is 0 Å². The van der Waals surface area contributed by atoms with Crippen LogP contribution in [0.1, 0.15) is 17.4 Å². The number of aromatic carboxylic acids is 1. The standard InChI is InChI=1S/C13H16N2O3/c1-8(15(2)3)18-10-4-5-11-9(6-10)7-12(14-11)13(16)17/h4-8,14H,1-3H3,(H,16,17). The first-order valence-corrected chi connectivity index (χ1v) is 5.66. The van der Waals surface area contributed by atoms with Gasteiger partial charge in [-0.15, -0.1) is 0 Å². The number of fused-ring (bicyclic) bond motifs is 1. The molecule has 0 fully saturated rings. The highest BCUT2D eigenvalue weighted by atomic mass is 16.5. The summed E-state index contributed by atoms with van der Waals surface area (Å²) in [5.41, 5.74) is 0.972. The van der Waals surface area contributed by atoms with Crippen LogP contribution in [0.25, 0.3) is 10.9 Å². The maximum absolute atomic E-state index is 10.9. The Bertz CT molecular complexity index is 575. The molecule has 0 aliphatic heterocycles.